The quantitative estimate of drug-likeness (QED) is 0.0127. The molecular formula is C92H134Br4IN5O29Si2. The van der Waals surface area contributed by atoms with Gasteiger partial charge in [-0.2, -0.15) is 0 Å². The number of alkyl halides is 4. The number of nitrogens with zero attached hydrogens (tertiary/aromatic N) is 5. The Morgan fingerprint density at radius 1 is 0.504 bits per heavy atom. The second-order valence-corrected chi connectivity index (χ2v) is 53.6. The second kappa shape index (κ2) is 47.1. The summed E-state index contributed by atoms with van der Waals surface area (Å²) in [7, 11) is 6.53. The van der Waals surface area contributed by atoms with Gasteiger partial charge in [0.05, 0.1) is 143 Å². The average Bonchev–Trinajstić information content (AvgIpc) is 1.61. The first-order chi connectivity index (χ1) is 61.5. The van der Waals surface area contributed by atoms with E-state index in [0.717, 1.165) is 37.1 Å². The van der Waals surface area contributed by atoms with Gasteiger partial charge in [-0.05, 0) is 173 Å². The first-order valence-corrected chi connectivity index (χ1v) is 54.3. The van der Waals surface area contributed by atoms with Gasteiger partial charge in [0.15, 0.2) is 51.1 Å². The Bertz CT molecular complexity index is 5330. The van der Waals surface area contributed by atoms with E-state index >= 15 is 0 Å². The maximum absolute atomic E-state index is 13.0. The van der Waals surface area contributed by atoms with Crippen molar-refractivity contribution in [1.82, 2.24) is 23.5 Å². The monoisotopic (exact) mass is 2270 g/mol. The third-order valence-corrected chi connectivity index (χ3v) is 37.1. The maximum atomic E-state index is 13.0. The van der Waals surface area contributed by atoms with Gasteiger partial charge in [0, 0.05) is 60.6 Å². The fourth-order valence-electron chi connectivity index (χ4n) is 15.1. The number of rotatable bonds is 27. The number of pyridine rings is 3. The summed E-state index contributed by atoms with van der Waals surface area (Å²) in [5, 5.41) is 9.65. The molecule has 0 aliphatic carbocycles. The number of aliphatic hydroxyl groups is 1. The highest BCUT2D eigenvalue weighted by Crippen LogP contribution is 2.49. The lowest BCUT2D eigenvalue weighted by molar-refractivity contribution is -0.0638. The van der Waals surface area contributed by atoms with E-state index in [1.165, 1.54) is 80.0 Å². The molecule has 0 radical (unpaired) electrons. The Labute approximate surface area is 827 Å². The topological polar surface area (TPSA) is 402 Å². The van der Waals surface area contributed by atoms with Gasteiger partial charge in [0.1, 0.15) is 45.6 Å². The number of aliphatic hydroxyl groups excluding tert-OH is 1. The van der Waals surface area contributed by atoms with Gasteiger partial charge in [-0.1, -0.05) is 119 Å². The van der Waals surface area contributed by atoms with Crippen LogP contribution in [0, 0.1) is 3.57 Å². The van der Waals surface area contributed by atoms with Crippen LogP contribution in [0.1, 0.15) is 301 Å². The van der Waals surface area contributed by atoms with E-state index in [1.807, 2.05) is 23.0 Å². The molecule has 0 aromatic carbocycles. The minimum Gasteiger partial charge on any atom is -0.491 e. The Hall–Kier alpha value is -7.08. The van der Waals surface area contributed by atoms with E-state index in [0.29, 0.717) is 79.0 Å². The summed E-state index contributed by atoms with van der Waals surface area (Å²) in [6.07, 6.45) is 4.50. The predicted molar refractivity (Wildman–Crippen MR) is 528 cm³/mol. The Balaban J connectivity index is 0.000000257. The number of aryl methyl sites for hydroxylation is 1. The van der Waals surface area contributed by atoms with Crippen molar-refractivity contribution < 1.29 is 113 Å². The van der Waals surface area contributed by atoms with Gasteiger partial charge in [0.2, 0.25) is 38.6 Å². The van der Waals surface area contributed by atoms with E-state index in [9.17, 15) is 62.6 Å². The molecule has 133 heavy (non-hydrogen) atoms. The van der Waals surface area contributed by atoms with Crippen LogP contribution in [0.25, 0.3) is 0 Å². The molecule has 5 aliphatic heterocycles. The molecule has 0 saturated carbocycles. The fraction of sp³-hybridized carbons (Fsp3) is 0.652. The molecule has 0 spiro atoms. The second-order valence-electron chi connectivity index (χ2n) is 38.4. The van der Waals surface area contributed by atoms with Crippen molar-refractivity contribution in [1.29, 1.82) is 0 Å². The molecule has 5 aliphatic rings. The van der Waals surface area contributed by atoms with Gasteiger partial charge >= 0.3 is 30.1 Å². The largest absolute Gasteiger partial charge is 0.491 e. The first kappa shape index (κ1) is 115. The van der Waals surface area contributed by atoms with E-state index in [2.05, 4.69) is 164 Å². The van der Waals surface area contributed by atoms with Crippen molar-refractivity contribution in [2.45, 2.75) is 297 Å². The summed E-state index contributed by atoms with van der Waals surface area (Å²) < 4.78 is 92.7. The zero-order chi connectivity index (χ0) is 101. The van der Waals surface area contributed by atoms with Crippen LogP contribution in [0.2, 0.25) is 36.3 Å². The lowest BCUT2D eigenvalue weighted by atomic mass is 10.1. The highest BCUT2D eigenvalue weighted by atomic mass is 127. The number of halogens is 5. The minimum atomic E-state index is -1.93. The van der Waals surface area contributed by atoms with E-state index in [-0.39, 0.29) is 153 Å². The molecule has 0 bridgehead atoms. The summed E-state index contributed by atoms with van der Waals surface area (Å²) in [6.45, 7) is 45.5. The number of fused-ring (bicyclic) bond motifs is 3. The molecule has 1 N–H and O–H groups in total. The molecule has 5 aromatic rings. The first-order valence-electron chi connectivity index (χ1n) is 43.8. The highest BCUT2D eigenvalue weighted by molar-refractivity contribution is 14.1. The Morgan fingerprint density at radius 3 is 1.29 bits per heavy atom. The van der Waals surface area contributed by atoms with Crippen LogP contribution in [0.5, 0.6) is 28.7 Å². The van der Waals surface area contributed by atoms with Crippen molar-refractivity contribution in [2.24, 2.45) is 0 Å². The van der Waals surface area contributed by atoms with Crippen molar-refractivity contribution in [3.05, 3.63) is 136 Å². The van der Waals surface area contributed by atoms with E-state index in [4.69, 9.17) is 65.1 Å². The van der Waals surface area contributed by atoms with Gasteiger partial charge in [-0.25, -0.2) is 24.0 Å². The fourth-order valence-corrected chi connectivity index (χ4v) is 21.6. The lowest BCUT2D eigenvalue weighted by Gasteiger charge is -2.37. The zero-order valence-corrected chi connectivity index (χ0v) is 92.6. The number of carbonyl (C=O) groups is 7. The third kappa shape index (κ3) is 27.5. The molecule has 744 valence electrons. The number of hydrogen-bond acceptors (Lipinski definition) is 29. The summed E-state index contributed by atoms with van der Waals surface area (Å²) in [4.78, 5) is 152. The van der Waals surface area contributed by atoms with Crippen molar-refractivity contribution in [3.8, 4) is 28.7 Å². The van der Waals surface area contributed by atoms with E-state index in [1.54, 1.807) is 84.8 Å². The van der Waals surface area contributed by atoms with Crippen LogP contribution in [0.4, 0.5) is 9.59 Å². The number of carbonyl (C=O) groups excluding carboxylic acids is 7. The van der Waals surface area contributed by atoms with Gasteiger partial charge < -0.3 is 93.3 Å². The number of aromatic nitrogens is 3. The Morgan fingerprint density at radius 2 is 0.880 bits per heavy atom. The zero-order valence-electron chi connectivity index (χ0n) is 82.1. The normalized spacial score (nSPS) is 19.5. The number of Topliss-reactive ketones (excluding diaryl/α,β-unsaturated/α-hetero) is 2. The summed E-state index contributed by atoms with van der Waals surface area (Å²) in [5.74, 6) is -2.70. The van der Waals surface area contributed by atoms with Crippen LogP contribution in [0.15, 0.2) is 57.1 Å². The van der Waals surface area contributed by atoms with Gasteiger partial charge in [-0.3, -0.25) is 43.4 Å². The molecule has 5 aromatic heterocycles. The summed E-state index contributed by atoms with van der Waals surface area (Å²) in [5.41, 5.74) is -1.62. The van der Waals surface area contributed by atoms with Crippen LogP contribution < -0.4 is 50.8 Å². The number of hydrogen-bond donors (Lipinski definition) is 1. The van der Waals surface area contributed by atoms with Crippen molar-refractivity contribution >= 4 is 145 Å². The van der Waals surface area contributed by atoms with Crippen LogP contribution in [-0.4, -0.2) is 212 Å². The van der Waals surface area contributed by atoms with Crippen molar-refractivity contribution in [2.75, 3.05) is 89.9 Å². The Kier molecular flexibility index (Phi) is 40.6. The SMILES string of the molecule is CCCC(=O)c1c(OC)c(=O)c(I)c2n1[C@H](CO[Si](C)(C)C(C)(C)C)CC2Br.CCCC(=O)c1c(OC)c(=O)cc2n1[C@H](CO[Si](C)(C)C(C)(C)C)CC2Br.COC(=O)c1c(OC)c(=O)cc2n1[C@H](CO)CC2Br.COC(=O)c1oc(C(Br)C[C@H]2COC(C)(C)N2C(=O)OC(C)(C)C)cc(=O)c1OC.COC(=O)c1oc(CC[C@H]2COC(C)(C)N2C(=O)OC(C)(C)C)cc(=O)c1OC. The lowest BCUT2D eigenvalue weighted by Crippen LogP contribution is -2.50. The predicted octanol–water partition coefficient (Wildman–Crippen LogP) is 18.5. The molecule has 2 amide bonds. The third-order valence-electron chi connectivity index (χ3n) is 23.7. The number of esters is 3. The van der Waals surface area contributed by atoms with Crippen LogP contribution in [-0.2, 0) is 48.4 Å². The summed E-state index contributed by atoms with van der Waals surface area (Å²) in [6, 6.07) is 4.59. The molecule has 10 heterocycles. The molecule has 2 fully saturated rings. The smallest absolute Gasteiger partial charge is 0.412 e. The average molecular weight is 2280 g/mol. The molecule has 10 rings (SSSR count). The molecule has 34 nitrogen and oxygen atoms in total. The maximum Gasteiger partial charge on any atom is 0.412 e. The standard InChI is InChI=1S/C20H31BrINO4Si.C20H28BrNO8.C20H32BrNO4Si.C20H29NO8.C12H14BrNO5/c1-8-9-14(24)17-19(26-5)18(25)15(22)16-13(21)10-12(23(16)17)11-27-28(6,7)20(2,3)4;1-19(2,3)30-18(25)22-11(10-28-20(22,4)5)8-12(21)14-9-13(23)15(26-6)16(29-14)17(24)27-7;1-8-9-16(23)18-19(25-5)17(24)11-15-14(21)10-13(22(15)18)12-26-27(6,7)20(2,3)4;1-19(2,3)29-18(24)21-12(11-27-20(21,4)5)8-9-13-10-14(22)15(25-6)16(28-13)17(23)26-7;1-18-11-9(16)4-8-7(13)3-6(5-15)14(8)10(11)12(17)19-2/h12-13H,8-11H2,1-7H3;9,11-12H,8,10H2,1-7H3;11,13-14H,8-10,12H2,1-7H3;10,12H,8-9,11H2,1-7H3;4,6-7,15H,3,5H2,1-2H3/t12-,13?;11-,12?;13-,14?;12-;6-,7?/m00000/s1. The highest BCUT2D eigenvalue weighted by Gasteiger charge is 2.50. The van der Waals surface area contributed by atoms with Gasteiger partial charge in [-0.15, -0.1) is 0 Å². The number of amides is 2. The van der Waals surface area contributed by atoms with E-state index < -0.39 is 85.1 Å². The molecule has 2 saturated heterocycles. The summed E-state index contributed by atoms with van der Waals surface area (Å²) >= 11 is 16.4. The molecule has 41 heteroatoms. The minimum absolute atomic E-state index is 0.00352. The molecule has 9 atom stereocenters. The molecule has 4 unspecified atom stereocenters. The number of ether oxygens (including phenoxy) is 12. The van der Waals surface area contributed by atoms with Crippen LogP contribution >= 0.6 is 86.3 Å². The van der Waals surface area contributed by atoms with Gasteiger partial charge in [0.25, 0.3) is 11.5 Å². The van der Waals surface area contributed by atoms with Crippen molar-refractivity contribution in [3.63, 3.8) is 0 Å². The molecular weight excluding hydrogens is 2140 g/mol. The van der Waals surface area contributed by atoms with Crippen LogP contribution in [0.3, 0.4) is 0 Å². The number of methoxy groups -OCH3 is 8. The number of ketones is 2.